The highest BCUT2D eigenvalue weighted by atomic mass is 19.4. The molecule has 0 heterocycles. The normalized spacial score (nSPS) is 11.4. The fourth-order valence-electron chi connectivity index (χ4n) is 1.94. The molecule has 0 aliphatic carbocycles. The molecule has 0 atom stereocenters. The Kier molecular flexibility index (Phi) is 3.93. The van der Waals surface area contributed by atoms with Crippen LogP contribution in [0.15, 0.2) is 42.5 Å². The Morgan fingerprint density at radius 2 is 1.76 bits per heavy atom. The highest BCUT2D eigenvalue weighted by Gasteiger charge is 2.34. The molecule has 0 saturated heterocycles. The fraction of sp³-hybridized carbons (Fsp3) is 0.143. The minimum atomic E-state index is -4.78. The molecule has 3 nitrogen and oxygen atoms in total. The summed E-state index contributed by atoms with van der Waals surface area (Å²) >= 11 is 0. The first-order chi connectivity index (χ1) is 9.79. The molecule has 7 heteroatoms. The van der Waals surface area contributed by atoms with E-state index >= 15 is 0 Å². The number of nitrogens with zero attached hydrogens (tertiary/aromatic N) is 1. The molecule has 0 bridgehead atoms. The largest absolute Gasteiger partial charge is 0.419 e. The SMILES string of the molecule is O=[N+]([O-])c1cccc(Cc2cccc(C(F)(F)F)c2F)c1. The van der Waals surface area contributed by atoms with Crippen molar-refractivity contribution in [3.05, 3.63) is 75.1 Å². The van der Waals surface area contributed by atoms with Crippen LogP contribution in [0, 0.1) is 15.9 Å². The molecule has 0 unspecified atom stereocenters. The number of nitro groups is 1. The van der Waals surface area contributed by atoms with Gasteiger partial charge in [0.1, 0.15) is 5.82 Å². The van der Waals surface area contributed by atoms with Gasteiger partial charge in [-0.25, -0.2) is 4.39 Å². The summed E-state index contributed by atoms with van der Waals surface area (Å²) in [7, 11) is 0. The van der Waals surface area contributed by atoms with Gasteiger partial charge in [-0.15, -0.1) is 0 Å². The van der Waals surface area contributed by atoms with Gasteiger partial charge in [-0.05, 0) is 17.2 Å². The minimum absolute atomic E-state index is 0.155. The van der Waals surface area contributed by atoms with Crippen molar-refractivity contribution in [1.29, 1.82) is 0 Å². The molecule has 2 aromatic carbocycles. The smallest absolute Gasteiger partial charge is 0.258 e. The summed E-state index contributed by atoms with van der Waals surface area (Å²) in [6.45, 7) is 0. The van der Waals surface area contributed by atoms with Crippen molar-refractivity contribution in [1.82, 2.24) is 0 Å². The maximum atomic E-state index is 13.9. The van der Waals surface area contributed by atoms with Crippen LogP contribution >= 0.6 is 0 Å². The van der Waals surface area contributed by atoms with E-state index in [0.29, 0.717) is 11.6 Å². The molecule has 0 aliphatic heterocycles. The van der Waals surface area contributed by atoms with Crippen molar-refractivity contribution in [3.63, 3.8) is 0 Å². The Balaban J connectivity index is 2.36. The Morgan fingerprint density at radius 3 is 2.38 bits per heavy atom. The zero-order valence-electron chi connectivity index (χ0n) is 10.5. The standard InChI is InChI=1S/C14H9F4NO2/c15-13-10(4-2-6-12(13)14(16,17)18)7-9-3-1-5-11(8-9)19(20)21/h1-6,8H,7H2. The van der Waals surface area contributed by atoms with Gasteiger partial charge in [0, 0.05) is 18.6 Å². The van der Waals surface area contributed by atoms with E-state index in [1.807, 2.05) is 0 Å². The third kappa shape index (κ3) is 3.36. The van der Waals surface area contributed by atoms with Gasteiger partial charge in [0.05, 0.1) is 10.5 Å². The lowest BCUT2D eigenvalue weighted by Crippen LogP contribution is -2.10. The number of halogens is 4. The van der Waals surface area contributed by atoms with E-state index in [1.165, 1.54) is 30.3 Å². The van der Waals surface area contributed by atoms with Crippen LogP contribution in [0.5, 0.6) is 0 Å². The van der Waals surface area contributed by atoms with E-state index in [9.17, 15) is 27.7 Å². The van der Waals surface area contributed by atoms with Gasteiger partial charge < -0.3 is 0 Å². The van der Waals surface area contributed by atoms with E-state index in [4.69, 9.17) is 0 Å². The molecular weight excluding hydrogens is 290 g/mol. The van der Waals surface area contributed by atoms with Gasteiger partial charge in [0.2, 0.25) is 0 Å². The number of alkyl halides is 3. The summed E-state index contributed by atoms with van der Waals surface area (Å²) in [5, 5.41) is 10.6. The molecule has 0 saturated carbocycles. The zero-order valence-corrected chi connectivity index (χ0v) is 10.5. The van der Waals surface area contributed by atoms with Crippen molar-refractivity contribution >= 4 is 5.69 Å². The number of nitro benzene ring substituents is 1. The second kappa shape index (κ2) is 5.51. The topological polar surface area (TPSA) is 43.1 Å². The lowest BCUT2D eigenvalue weighted by molar-refractivity contribution is -0.384. The van der Waals surface area contributed by atoms with Crippen LogP contribution in [-0.2, 0) is 12.6 Å². The van der Waals surface area contributed by atoms with Gasteiger partial charge in [-0.1, -0.05) is 24.3 Å². The maximum Gasteiger partial charge on any atom is 0.419 e. The molecule has 0 N–H and O–H groups in total. The average molecular weight is 299 g/mol. The summed E-state index contributed by atoms with van der Waals surface area (Å²) < 4.78 is 51.7. The van der Waals surface area contributed by atoms with Crippen molar-refractivity contribution < 1.29 is 22.5 Å². The first-order valence-corrected chi connectivity index (χ1v) is 5.87. The predicted octanol–water partition coefficient (Wildman–Crippen LogP) is 4.34. The highest BCUT2D eigenvalue weighted by Crippen LogP contribution is 2.33. The van der Waals surface area contributed by atoms with E-state index in [0.717, 1.165) is 6.07 Å². The second-order valence-electron chi connectivity index (χ2n) is 4.38. The van der Waals surface area contributed by atoms with Gasteiger partial charge >= 0.3 is 6.18 Å². The molecule has 110 valence electrons. The van der Waals surface area contributed by atoms with Crippen molar-refractivity contribution in [2.45, 2.75) is 12.6 Å². The van der Waals surface area contributed by atoms with Crippen LogP contribution in [-0.4, -0.2) is 4.92 Å². The first-order valence-electron chi connectivity index (χ1n) is 5.87. The van der Waals surface area contributed by atoms with Gasteiger partial charge in [0.25, 0.3) is 5.69 Å². The fourth-order valence-corrected chi connectivity index (χ4v) is 1.94. The zero-order chi connectivity index (χ0) is 15.6. The van der Waals surface area contributed by atoms with Crippen LogP contribution in [0.1, 0.15) is 16.7 Å². The van der Waals surface area contributed by atoms with E-state index in [1.54, 1.807) is 0 Å². The van der Waals surface area contributed by atoms with Crippen molar-refractivity contribution in [2.75, 3.05) is 0 Å². The maximum absolute atomic E-state index is 13.9. The Hall–Kier alpha value is -2.44. The van der Waals surface area contributed by atoms with E-state index < -0.39 is 22.5 Å². The molecule has 0 spiro atoms. The van der Waals surface area contributed by atoms with E-state index in [-0.39, 0.29) is 17.7 Å². The summed E-state index contributed by atoms with van der Waals surface area (Å²) in [5.74, 6) is -1.35. The van der Waals surface area contributed by atoms with Crippen molar-refractivity contribution in [3.8, 4) is 0 Å². The highest BCUT2D eigenvalue weighted by molar-refractivity contribution is 5.38. The summed E-state index contributed by atoms with van der Waals surface area (Å²) in [5.41, 5.74) is -1.34. The molecule has 2 rings (SSSR count). The van der Waals surface area contributed by atoms with Crippen LogP contribution in [0.3, 0.4) is 0 Å². The minimum Gasteiger partial charge on any atom is -0.258 e. The number of non-ortho nitro benzene ring substituents is 1. The number of benzene rings is 2. The lowest BCUT2D eigenvalue weighted by atomic mass is 10.0. The van der Waals surface area contributed by atoms with Crippen LogP contribution in [0.4, 0.5) is 23.2 Å². The quantitative estimate of drug-likeness (QED) is 0.480. The second-order valence-corrected chi connectivity index (χ2v) is 4.38. The number of hydrogen-bond donors (Lipinski definition) is 0. The number of rotatable bonds is 3. The first kappa shape index (κ1) is 15.0. The van der Waals surface area contributed by atoms with Crippen LogP contribution < -0.4 is 0 Å². The predicted molar refractivity (Wildman–Crippen MR) is 67.3 cm³/mol. The Bertz CT molecular complexity index is 683. The molecular formula is C14H9F4NO2. The van der Waals surface area contributed by atoms with Crippen molar-refractivity contribution in [2.24, 2.45) is 0 Å². The Morgan fingerprint density at radius 1 is 1.10 bits per heavy atom. The Labute approximate surface area is 117 Å². The van der Waals surface area contributed by atoms with Crippen LogP contribution in [0.25, 0.3) is 0 Å². The number of hydrogen-bond acceptors (Lipinski definition) is 2. The molecule has 0 aromatic heterocycles. The summed E-state index contributed by atoms with van der Waals surface area (Å²) in [4.78, 5) is 10.0. The van der Waals surface area contributed by atoms with E-state index in [2.05, 4.69) is 0 Å². The molecule has 2 aromatic rings. The third-order valence-electron chi connectivity index (χ3n) is 2.90. The summed E-state index contributed by atoms with van der Waals surface area (Å²) in [6, 6.07) is 8.35. The molecule has 0 amide bonds. The lowest BCUT2D eigenvalue weighted by Gasteiger charge is -2.11. The summed E-state index contributed by atoms with van der Waals surface area (Å²) in [6.07, 6.45) is -4.93. The molecule has 0 aliphatic rings. The molecule has 0 fully saturated rings. The van der Waals surface area contributed by atoms with Gasteiger partial charge in [0.15, 0.2) is 0 Å². The monoisotopic (exact) mass is 299 g/mol. The molecule has 21 heavy (non-hydrogen) atoms. The average Bonchev–Trinajstić information content (AvgIpc) is 2.40. The third-order valence-corrected chi connectivity index (χ3v) is 2.90. The van der Waals surface area contributed by atoms with Crippen LogP contribution in [0.2, 0.25) is 0 Å². The molecule has 0 radical (unpaired) electrons. The van der Waals surface area contributed by atoms with Gasteiger partial charge in [-0.2, -0.15) is 13.2 Å². The van der Waals surface area contributed by atoms with Gasteiger partial charge in [-0.3, -0.25) is 10.1 Å².